The maximum absolute atomic E-state index is 13.9. The van der Waals surface area contributed by atoms with Gasteiger partial charge in [0.25, 0.3) is 0 Å². The van der Waals surface area contributed by atoms with Gasteiger partial charge in [0.05, 0.1) is 0 Å². The number of phenols is 1. The molecule has 0 fully saturated rings. The summed E-state index contributed by atoms with van der Waals surface area (Å²) in [4.78, 5) is 0. The van der Waals surface area contributed by atoms with Crippen LogP contribution in [0.4, 0.5) is 4.39 Å². The summed E-state index contributed by atoms with van der Waals surface area (Å²) in [6.45, 7) is 4.12. The first-order chi connectivity index (χ1) is 18.5. The van der Waals surface area contributed by atoms with Crippen molar-refractivity contribution in [1.82, 2.24) is 0 Å². The summed E-state index contributed by atoms with van der Waals surface area (Å²) in [7, 11) is 0. The Kier molecular flexibility index (Phi) is 4.99. The topological polar surface area (TPSA) is 20.2 Å². The van der Waals surface area contributed by atoms with Crippen LogP contribution >= 0.6 is 0 Å². The van der Waals surface area contributed by atoms with Crippen molar-refractivity contribution in [2.24, 2.45) is 0 Å². The second-order valence-electron chi connectivity index (χ2n) is 10.1. The van der Waals surface area contributed by atoms with Crippen LogP contribution < -0.4 is 0 Å². The monoisotopic (exact) mass is 492 g/mol. The molecule has 7 rings (SSSR count). The molecule has 1 nitrogen and oxygen atoms in total. The highest BCUT2D eigenvalue weighted by atomic mass is 19.1. The van der Waals surface area contributed by atoms with Gasteiger partial charge >= 0.3 is 0 Å². The van der Waals surface area contributed by atoms with E-state index in [1.807, 2.05) is 25.1 Å². The molecule has 1 N–H and O–H groups in total. The molecule has 0 atom stereocenters. The third kappa shape index (κ3) is 3.23. The van der Waals surface area contributed by atoms with Gasteiger partial charge < -0.3 is 5.11 Å². The number of aryl methyl sites for hydroxylation is 2. The van der Waals surface area contributed by atoms with Crippen LogP contribution in [-0.4, -0.2) is 5.11 Å². The first kappa shape index (κ1) is 22.5. The summed E-state index contributed by atoms with van der Waals surface area (Å²) in [5.74, 6) is -0.0689. The lowest BCUT2D eigenvalue weighted by atomic mass is 9.82. The highest BCUT2D eigenvalue weighted by Crippen LogP contribution is 2.49. The molecule has 0 amide bonds. The van der Waals surface area contributed by atoms with Crippen molar-refractivity contribution in [1.29, 1.82) is 0 Å². The molecule has 0 saturated carbocycles. The van der Waals surface area contributed by atoms with Gasteiger partial charge in [0.1, 0.15) is 11.6 Å². The molecule has 0 heterocycles. The van der Waals surface area contributed by atoms with Gasteiger partial charge in [0.2, 0.25) is 0 Å². The molecule has 182 valence electrons. The van der Waals surface area contributed by atoms with Gasteiger partial charge in [-0.1, -0.05) is 91.0 Å². The van der Waals surface area contributed by atoms with Crippen LogP contribution in [0.5, 0.6) is 5.75 Å². The van der Waals surface area contributed by atoms with Gasteiger partial charge in [-0.15, -0.1) is 0 Å². The highest BCUT2D eigenvalue weighted by molar-refractivity contribution is 6.28. The van der Waals surface area contributed by atoms with E-state index >= 15 is 0 Å². The fourth-order valence-corrected chi connectivity index (χ4v) is 6.17. The van der Waals surface area contributed by atoms with Crippen molar-refractivity contribution < 1.29 is 9.50 Å². The predicted octanol–water partition coefficient (Wildman–Crippen LogP) is 10.1. The molecular weight excluding hydrogens is 467 g/mol. The van der Waals surface area contributed by atoms with Crippen molar-refractivity contribution in [3.63, 3.8) is 0 Å². The van der Waals surface area contributed by atoms with E-state index < -0.39 is 0 Å². The summed E-state index contributed by atoms with van der Waals surface area (Å²) >= 11 is 0. The Bertz CT molecular complexity index is 2040. The van der Waals surface area contributed by atoms with E-state index in [0.29, 0.717) is 0 Å². The Hall–Kier alpha value is -4.69. The summed E-state index contributed by atoms with van der Waals surface area (Å²) in [6.07, 6.45) is 0. The van der Waals surface area contributed by atoms with E-state index in [1.54, 1.807) is 12.1 Å². The van der Waals surface area contributed by atoms with Crippen molar-refractivity contribution in [3.05, 3.63) is 126 Å². The molecule has 0 aliphatic heterocycles. The molecule has 0 radical (unpaired) electrons. The van der Waals surface area contributed by atoms with Crippen molar-refractivity contribution in [2.45, 2.75) is 13.8 Å². The molecule has 2 heteroatoms. The molecule has 38 heavy (non-hydrogen) atoms. The van der Waals surface area contributed by atoms with Crippen molar-refractivity contribution in [2.75, 3.05) is 0 Å². The van der Waals surface area contributed by atoms with Gasteiger partial charge in [-0.3, -0.25) is 0 Å². The maximum Gasteiger partial charge on any atom is 0.126 e. The van der Waals surface area contributed by atoms with Gasteiger partial charge in [-0.2, -0.15) is 0 Å². The Labute approximate surface area is 220 Å². The van der Waals surface area contributed by atoms with Crippen LogP contribution in [0.2, 0.25) is 0 Å². The second-order valence-corrected chi connectivity index (χ2v) is 10.1. The summed E-state index contributed by atoms with van der Waals surface area (Å²) in [6, 6.07) is 36.3. The molecule has 7 aromatic carbocycles. The highest BCUT2D eigenvalue weighted by Gasteiger charge is 2.22. The van der Waals surface area contributed by atoms with Crippen molar-refractivity contribution >= 4 is 43.1 Å². The van der Waals surface area contributed by atoms with E-state index in [0.717, 1.165) is 49.5 Å². The average molecular weight is 493 g/mol. The van der Waals surface area contributed by atoms with E-state index in [2.05, 4.69) is 73.7 Å². The van der Waals surface area contributed by atoms with Crippen LogP contribution in [0.25, 0.3) is 65.3 Å². The third-order valence-electron chi connectivity index (χ3n) is 7.90. The van der Waals surface area contributed by atoms with Crippen molar-refractivity contribution in [3.8, 4) is 28.0 Å². The first-order valence-corrected chi connectivity index (χ1v) is 12.9. The first-order valence-electron chi connectivity index (χ1n) is 12.9. The van der Waals surface area contributed by atoms with Crippen LogP contribution in [0, 0.1) is 19.7 Å². The van der Waals surface area contributed by atoms with E-state index in [1.165, 1.54) is 39.1 Å². The van der Waals surface area contributed by atoms with E-state index in [4.69, 9.17) is 0 Å². The van der Waals surface area contributed by atoms with E-state index in [-0.39, 0.29) is 11.6 Å². The van der Waals surface area contributed by atoms with Gasteiger partial charge in [0.15, 0.2) is 0 Å². The molecule has 0 aliphatic rings. The summed E-state index contributed by atoms with van der Waals surface area (Å²) < 4.78 is 13.9. The second kappa shape index (κ2) is 8.43. The molecule has 0 aromatic heterocycles. The zero-order valence-electron chi connectivity index (χ0n) is 21.2. The third-order valence-corrected chi connectivity index (χ3v) is 7.90. The number of rotatable bonds is 2. The standard InChI is InChI=1S/C36H25FO/c1-21-20-31-30-19-18-28-27-11-7-6-8-23(27)14-17-29(28)33(30)22(2)32(24-9-4-3-5-10-24)35(31)34(36(21)38)25-12-15-26(37)16-13-25/h3-20,38H,1-2H3. The number of halogens is 1. The molecule has 0 unspecified atom stereocenters. The predicted molar refractivity (Wildman–Crippen MR) is 158 cm³/mol. The van der Waals surface area contributed by atoms with Crippen LogP contribution in [0.15, 0.2) is 109 Å². The van der Waals surface area contributed by atoms with Gasteiger partial charge in [-0.25, -0.2) is 4.39 Å². The number of phenolic OH excluding ortho intramolecular Hbond substituents is 1. The number of hydrogen-bond acceptors (Lipinski definition) is 1. The van der Waals surface area contributed by atoms with Crippen LogP contribution in [0.1, 0.15) is 11.1 Å². The number of fused-ring (bicyclic) bond motifs is 7. The Morgan fingerprint density at radius 1 is 0.526 bits per heavy atom. The van der Waals surface area contributed by atoms with Crippen LogP contribution in [-0.2, 0) is 0 Å². The molecule has 0 spiro atoms. The minimum atomic E-state index is -0.297. The van der Waals surface area contributed by atoms with Gasteiger partial charge in [0, 0.05) is 10.9 Å². The van der Waals surface area contributed by atoms with E-state index in [9.17, 15) is 9.50 Å². The lowest BCUT2D eigenvalue weighted by Gasteiger charge is -2.22. The number of hydrogen-bond donors (Lipinski definition) is 1. The average Bonchev–Trinajstić information content (AvgIpc) is 2.95. The molecule has 0 saturated heterocycles. The minimum Gasteiger partial charge on any atom is -0.507 e. The largest absolute Gasteiger partial charge is 0.507 e. The van der Waals surface area contributed by atoms with Crippen LogP contribution in [0.3, 0.4) is 0 Å². The molecular formula is C36H25FO. The smallest absolute Gasteiger partial charge is 0.126 e. The molecule has 7 aromatic rings. The Balaban J connectivity index is 1.75. The normalized spacial score (nSPS) is 11.7. The lowest BCUT2D eigenvalue weighted by molar-refractivity contribution is 0.474. The molecule has 0 aliphatic carbocycles. The quantitative estimate of drug-likeness (QED) is 0.238. The fourth-order valence-electron chi connectivity index (χ4n) is 6.17. The Morgan fingerprint density at radius 3 is 1.95 bits per heavy atom. The SMILES string of the molecule is Cc1cc2c(c(-c3ccc(F)cc3)c1O)c(-c1ccccc1)c(C)c1c2ccc2c3ccccc3ccc21. The zero-order chi connectivity index (χ0) is 26.0. The number of aromatic hydroxyl groups is 1. The Morgan fingerprint density at radius 2 is 1.16 bits per heavy atom. The maximum atomic E-state index is 13.9. The number of benzene rings is 7. The summed E-state index contributed by atoms with van der Waals surface area (Å²) in [5.41, 5.74) is 5.65. The summed E-state index contributed by atoms with van der Waals surface area (Å²) in [5, 5.41) is 20.8. The molecule has 0 bridgehead atoms. The zero-order valence-corrected chi connectivity index (χ0v) is 21.2. The minimum absolute atomic E-state index is 0.229. The fraction of sp³-hybridized carbons (Fsp3) is 0.0556. The van der Waals surface area contributed by atoms with Gasteiger partial charge in [-0.05, 0) is 97.6 Å². The lowest BCUT2D eigenvalue weighted by Crippen LogP contribution is -1.96.